The number of nitrogens with zero attached hydrogens (tertiary/aromatic N) is 4. The Morgan fingerprint density at radius 3 is 2.96 bits per heavy atom. The number of amides is 1. The highest BCUT2D eigenvalue weighted by Crippen LogP contribution is 2.29. The van der Waals surface area contributed by atoms with E-state index in [0.717, 1.165) is 21.9 Å². The summed E-state index contributed by atoms with van der Waals surface area (Å²) in [5.74, 6) is 0.556. The third-order valence-corrected chi connectivity index (χ3v) is 5.73. The summed E-state index contributed by atoms with van der Waals surface area (Å²) in [5.41, 5.74) is 2.54. The van der Waals surface area contributed by atoms with E-state index in [1.807, 2.05) is 59.5 Å². The van der Waals surface area contributed by atoms with E-state index in [1.165, 1.54) is 11.3 Å². The molecule has 0 spiro atoms. The van der Waals surface area contributed by atoms with Gasteiger partial charge < -0.3 is 5.32 Å². The lowest BCUT2D eigenvalue weighted by Crippen LogP contribution is -2.27. The van der Waals surface area contributed by atoms with E-state index in [9.17, 15) is 4.79 Å². The Kier molecular flexibility index (Phi) is 4.06. The molecule has 0 aromatic carbocycles. The summed E-state index contributed by atoms with van der Waals surface area (Å²) in [6.07, 6.45) is 1.89. The first kappa shape index (κ1) is 15.9. The first-order valence-electron chi connectivity index (χ1n) is 7.74. The van der Waals surface area contributed by atoms with Gasteiger partial charge in [0.15, 0.2) is 11.5 Å². The molecule has 0 saturated carbocycles. The molecule has 4 rings (SSSR count). The standard InChI is InChI=1S/C17H15N5OS2/c1-10-14(25-17(19-10)12-6-8-24-9-12)16(23)18-11(2)15-21-20-13-5-3-4-7-22(13)15/h3-9,11H,1-2H3,(H,18,23). The number of carbonyl (C=O) groups is 1. The summed E-state index contributed by atoms with van der Waals surface area (Å²) in [5, 5.41) is 16.2. The Morgan fingerprint density at radius 2 is 2.16 bits per heavy atom. The Balaban J connectivity index is 1.58. The maximum absolute atomic E-state index is 12.7. The van der Waals surface area contributed by atoms with Crippen LogP contribution in [0.3, 0.4) is 0 Å². The quantitative estimate of drug-likeness (QED) is 0.595. The number of hydrogen-bond acceptors (Lipinski definition) is 6. The van der Waals surface area contributed by atoms with Crippen molar-refractivity contribution in [2.24, 2.45) is 0 Å². The number of thiazole rings is 1. The number of nitrogens with one attached hydrogen (secondary N) is 1. The molecule has 0 saturated heterocycles. The van der Waals surface area contributed by atoms with Crippen LogP contribution in [0.15, 0.2) is 41.2 Å². The van der Waals surface area contributed by atoms with Crippen molar-refractivity contribution in [3.63, 3.8) is 0 Å². The molecule has 0 radical (unpaired) electrons. The number of hydrogen-bond donors (Lipinski definition) is 1. The molecule has 1 amide bonds. The number of fused-ring (bicyclic) bond motifs is 1. The van der Waals surface area contributed by atoms with Gasteiger partial charge in [-0.25, -0.2) is 4.98 Å². The number of rotatable bonds is 4. The molecular weight excluding hydrogens is 354 g/mol. The Morgan fingerprint density at radius 1 is 1.28 bits per heavy atom. The van der Waals surface area contributed by atoms with Gasteiger partial charge in [0.25, 0.3) is 5.91 Å². The van der Waals surface area contributed by atoms with E-state index in [4.69, 9.17) is 0 Å². The average Bonchev–Trinajstić information content (AvgIpc) is 3.33. The molecule has 0 aliphatic heterocycles. The molecule has 4 aromatic heterocycles. The fourth-order valence-electron chi connectivity index (χ4n) is 2.60. The molecule has 0 bridgehead atoms. The van der Waals surface area contributed by atoms with E-state index < -0.39 is 0 Å². The van der Waals surface area contributed by atoms with Crippen molar-refractivity contribution in [3.8, 4) is 10.6 Å². The van der Waals surface area contributed by atoms with Crippen molar-refractivity contribution in [1.29, 1.82) is 0 Å². The molecule has 4 aromatic rings. The predicted molar refractivity (Wildman–Crippen MR) is 99.0 cm³/mol. The summed E-state index contributed by atoms with van der Waals surface area (Å²) in [4.78, 5) is 17.8. The highest BCUT2D eigenvalue weighted by atomic mass is 32.1. The van der Waals surface area contributed by atoms with E-state index >= 15 is 0 Å². The molecule has 0 fully saturated rings. The number of carbonyl (C=O) groups excluding carboxylic acids is 1. The van der Waals surface area contributed by atoms with Crippen molar-refractivity contribution >= 4 is 34.2 Å². The summed E-state index contributed by atoms with van der Waals surface area (Å²) in [6, 6.07) is 7.44. The minimum absolute atomic E-state index is 0.142. The van der Waals surface area contributed by atoms with Gasteiger partial charge in [0.05, 0.1) is 11.7 Å². The summed E-state index contributed by atoms with van der Waals surface area (Å²) >= 11 is 3.02. The van der Waals surface area contributed by atoms with Gasteiger partial charge in [0, 0.05) is 17.1 Å². The van der Waals surface area contributed by atoms with Crippen LogP contribution in [0.4, 0.5) is 0 Å². The number of thiophene rings is 1. The fraction of sp³-hybridized carbons (Fsp3) is 0.176. The van der Waals surface area contributed by atoms with Crippen molar-refractivity contribution in [2.45, 2.75) is 19.9 Å². The largest absolute Gasteiger partial charge is 0.342 e. The van der Waals surface area contributed by atoms with E-state index in [2.05, 4.69) is 20.5 Å². The lowest BCUT2D eigenvalue weighted by molar-refractivity contribution is 0.0941. The van der Waals surface area contributed by atoms with Crippen LogP contribution in [0.2, 0.25) is 0 Å². The second kappa shape index (κ2) is 6.38. The summed E-state index contributed by atoms with van der Waals surface area (Å²) in [7, 11) is 0. The second-order valence-electron chi connectivity index (χ2n) is 5.63. The number of pyridine rings is 1. The van der Waals surface area contributed by atoms with Crippen LogP contribution in [-0.4, -0.2) is 25.5 Å². The maximum Gasteiger partial charge on any atom is 0.263 e. The maximum atomic E-state index is 12.7. The molecule has 25 heavy (non-hydrogen) atoms. The van der Waals surface area contributed by atoms with Gasteiger partial charge in [-0.15, -0.1) is 21.5 Å². The van der Waals surface area contributed by atoms with Crippen LogP contribution in [0.1, 0.15) is 34.2 Å². The van der Waals surface area contributed by atoms with E-state index in [1.54, 1.807) is 11.3 Å². The molecular formula is C17H15N5OS2. The van der Waals surface area contributed by atoms with Gasteiger partial charge in [-0.05, 0) is 37.4 Å². The Hall–Kier alpha value is -2.58. The lowest BCUT2D eigenvalue weighted by atomic mass is 10.3. The number of aromatic nitrogens is 4. The van der Waals surface area contributed by atoms with Crippen LogP contribution in [-0.2, 0) is 0 Å². The van der Waals surface area contributed by atoms with Crippen molar-refractivity contribution in [2.75, 3.05) is 0 Å². The smallest absolute Gasteiger partial charge is 0.263 e. The highest BCUT2D eigenvalue weighted by molar-refractivity contribution is 7.17. The molecule has 4 heterocycles. The molecule has 8 heteroatoms. The zero-order valence-electron chi connectivity index (χ0n) is 13.6. The van der Waals surface area contributed by atoms with Gasteiger partial charge >= 0.3 is 0 Å². The monoisotopic (exact) mass is 369 g/mol. The van der Waals surface area contributed by atoms with Crippen molar-refractivity contribution in [3.05, 3.63) is 57.6 Å². The lowest BCUT2D eigenvalue weighted by Gasteiger charge is -2.11. The molecule has 6 nitrogen and oxygen atoms in total. The third-order valence-electron chi connectivity index (χ3n) is 3.85. The Bertz CT molecular complexity index is 1030. The minimum Gasteiger partial charge on any atom is -0.342 e. The van der Waals surface area contributed by atoms with Crippen LogP contribution < -0.4 is 5.32 Å². The summed E-state index contributed by atoms with van der Waals surface area (Å²) < 4.78 is 1.88. The number of aryl methyl sites for hydroxylation is 1. The Labute approximate surface area is 152 Å². The van der Waals surface area contributed by atoms with Gasteiger partial charge in [-0.1, -0.05) is 6.07 Å². The minimum atomic E-state index is -0.268. The SMILES string of the molecule is Cc1nc(-c2ccsc2)sc1C(=O)NC(C)c1nnc2ccccn12. The second-order valence-corrected chi connectivity index (χ2v) is 7.41. The topological polar surface area (TPSA) is 72.2 Å². The van der Waals surface area contributed by atoms with Crippen molar-refractivity contribution < 1.29 is 4.79 Å². The zero-order valence-corrected chi connectivity index (χ0v) is 15.3. The van der Waals surface area contributed by atoms with E-state index in [-0.39, 0.29) is 11.9 Å². The fourth-order valence-corrected chi connectivity index (χ4v) is 4.28. The van der Waals surface area contributed by atoms with Gasteiger partial charge in [0.2, 0.25) is 0 Å². The summed E-state index contributed by atoms with van der Waals surface area (Å²) in [6.45, 7) is 3.76. The van der Waals surface area contributed by atoms with Crippen LogP contribution in [0.5, 0.6) is 0 Å². The average molecular weight is 369 g/mol. The molecule has 126 valence electrons. The van der Waals surface area contributed by atoms with Crippen LogP contribution >= 0.6 is 22.7 Å². The molecule has 0 aliphatic carbocycles. The van der Waals surface area contributed by atoms with Gasteiger partial charge in [-0.3, -0.25) is 9.20 Å². The highest BCUT2D eigenvalue weighted by Gasteiger charge is 2.21. The first-order valence-corrected chi connectivity index (χ1v) is 9.50. The van der Waals surface area contributed by atoms with E-state index in [0.29, 0.717) is 10.7 Å². The van der Waals surface area contributed by atoms with Gasteiger partial charge in [-0.2, -0.15) is 11.3 Å². The molecule has 1 unspecified atom stereocenters. The molecule has 1 atom stereocenters. The molecule has 1 N–H and O–H groups in total. The van der Waals surface area contributed by atoms with Crippen LogP contribution in [0.25, 0.3) is 16.2 Å². The van der Waals surface area contributed by atoms with Crippen LogP contribution in [0, 0.1) is 6.92 Å². The van der Waals surface area contributed by atoms with Crippen molar-refractivity contribution in [1.82, 2.24) is 24.9 Å². The zero-order chi connectivity index (χ0) is 17.4. The predicted octanol–water partition coefficient (Wildman–Crippen LogP) is 3.71. The van der Waals surface area contributed by atoms with Gasteiger partial charge in [0.1, 0.15) is 9.88 Å². The normalized spacial score (nSPS) is 12.4. The third kappa shape index (κ3) is 2.94. The molecule has 0 aliphatic rings. The first-order chi connectivity index (χ1) is 12.1.